The minimum absolute atomic E-state index is 0.0713. The molecule has 34 heavy (non-hydrogen) atoms. The van der Waals surface area contributed by atoms with Gasteiger partial charge in [0.05, 0.1) is 30.3 Å². The summed E-state index contributed by atoms with van der Waals surface area (Å²) < 4.78 is 13.3. The minimum atomic E-state index is -0.227. The van der Waals surface area contributed by atoms with Gasteiger partial charge in [0.2, 0.25) is 0 Å². The van der Waals surface area contributed by atoms with Crippen molar-refractivity contribution in [1.29, 1.82) is 0 Å². The molecule has 9 heteroatoms. The van der Waals surface area contributed by atoms with Crippen molar-refractivity contribution in [2.24, 2.45) is 5.10 Å². The maximum atomic E-state index is 13.3. The summed E-state index contributed by atoms with van der Waals surface area (Å²) in [6.45, 7) is 4.24. The number of hydrogen-bond donors (Lipinski definition) is 0. The number of amides is 1. The number of carbonyl (C=O) groups is 1. The molecule has 2 aromatic carbocycles. The van der Waals surface area contributed by atoms with E-state index in [0.29, 0.717) is 60.8 Å². The van der Waals surface area contributed by atoms with Gasteiger partial charge in [-0.2, -0.15) is 9.78 Å². The lowest BCUT2D eigenvalue weighted by molar-refractivity contribution is -0.137. The summed E-state index contributed by atoms with van der Waals surface area (Å²) in [6, 6.07) is 12.8. The van der Waals surface area contributed by atoms with Crippen LogP contribution >= 0.6 is 15.9 Å². The Morgan fingerprint density at radius 3 is 2.82 bits per heavy atom. The van der Waals surface area contributed by atoms with Gasteiger partial charge in [-0.25, -0.2) is 4.98 Å². The summed E-state index contributed by atoms with van der Waals surface area (Å²) in [5, 5.41) is 4.99. The number of hydrogen-bond acceptors (Lipinski definition) is 6. The molecule has 1 aromatic heterocycles. The van der Waals surface area contributed by atoms with Crippen LogP contribution in [0.15, 0.2) is 56.8 Å². The van der Waals surface area contributed by atoms with Gasteiger partial charge in [-0.15, -0.1) is 0 Å². The molecule has 2 heterocycles. The first-order chi connectivity index (χ1) is 16.6. The third-order valence-electron chi connectivity index (χ3n) is 5.58. The molecule has 1 aliphatic rings. The second kappa shape index (κ2) is 11.4. The van der Waals surface area contributed by atoms with E-state index in [0.717, 1.165) is 17.3 Å². The zero-order valence-electron chi connectivity index (χ0n) is 19.1. The van der Waals surface area contributed by atoms with Crippen molar-refractivity contribution >= 4 is 39.0 Å². The number of nitrogens with zero attached hydrogens (tertiary/aromatic N) is 4. The highest BCUT2D eigenvalue weighted by Gasteiger charge is 2.17. The van der Waals surface area contributed by atoms with Crippen molar-refractivity contribution < 1.29 is 14.3 Å². The summed E-state index contributed by atoms with van der Waals surface area (Å²) in [6.07, 6.45) is 4.09. The van der Waals surface area contributed by atoms with Gasteiger partial charge >= 0.3 is 0 Å². The number of unbranched alkanes of at least 4 members (excludes halogenated alkanes) is 1. The quantitative estimate of drug-likeness (QED) is 0.418. The molecule has 3 aromatic rings. The zero-order valence-corrected chi connectivity index (χ0v) is 20.7. The van der Waals surface area contributed by atoms with Crippen LogP contribution < -0.4 is 10.3 Å². The van der Waals surface area contributed by atoms with E-state index in [2.05, 4.69) is 28.0 Å². The Morgan fingerprint density at radius 2 is 2.03 bits per heavy atom. The molecule has 1 saturated heterocycles. The summed E-state index contributed by atoms with van der Waals surface area (Å²) in [5.74, 6) is 1.05. The molecule has 0 unspecified atom stereocenters. The van der Waals surface area contributed by atoms with Gasteiger partial charge in [0.15, 0.2) is 6.61 Å². The largest absolute Gasteiger partial charge is 0.483 e. The van der Waals surface area contributed by atoms with Gasteiger partial charge in [-0.05, 0) is 36.8 Å². The first kappa shape index (κ1) is 24.1. The molecule has 8 nitrogen and oxygen atoms in total. The molecule has 0 bridgehead atoms. The Morgan fingerprint density at radius 1 is 1.24 bits per heavy atom. The molecular formula is C25H27BrN4O4. The monoisotopic (exact) mass is 526 g/mol. The Hall–Kier alpha value is -3.04. The highest BCUT2D eigenvalue weighted by atomic mass is 79.9. The van der Waals surface area contributed by atoms with Crippen LogP contribution in [0.5, 0.6) is 5.75 Å². The van der Waals surface area contributed by atoms with Crippen LogP contribution in [-0.4, -0.2) is 59.6 Å². The molecule has 0 radical (unpaired) electrons. The Bertz CT molecular complexity index is 1250. The van der Waals surface area contributed by atoms with Gasteiger partial charge in [-0.3, -0.25) is 9.59 Å². The summed E-state index contributed by atoms with van der Waals surface area (Å²) in [5.41, 5.74) is 1.09. The number of halogens is 1. The molecule has 4 rings (SSSR count). The van der Waals surface area contributed by atoms with E-state index in [1.807, 2.05) is 30.3 Å². The first-order valence-electron chi connectivity index (χ1n) is 11.4. The number of aromatic nitrogens is 2. The third-order valence-corrected chi connectivity index (χ3v) is 6.07. The van der Waals surface area contributed by atoms with E-state index < -0.39 is 0 Å². The number of aryl methyl sites for hydroxylation is 1. The van der Waals surface area contributed by atoms with Gasteiger partial charge < -0.3 is 14.4 Å². The summed E-state index contributed by atoms with van der Waals surface area (Å²) >= 11 is 3.43. The van der Waals surface area contributed by atoms with E-state index in [-0.39, 0.29) is 18.1 Å². The maximum absolute atomic E-state index is 13.3. The smallest absolute Gasteiger partial charge is 0.282 e. The van der Waals surface area contributed by atoms with Gasteiger partial charge in [-0.1, -0.05) is 41.4 Å². The van der Waals surface area contributed by atoms with Crippen molar-refractivity contribution in [2.45, 2.75) is 26.2 Å². The third kappa shape index (κ3) is 5.71. The second-order valence-electron chi connectivity index (χ2n) is 7.97. The molecule has 0 aliphatic carbocycles. The first-order valence-corrected chi connectivity index (χ1v) is 12.2. The Labute approximate surface area is 206 Å². The lowest BCUT2D eigenvalue weighted by Gasteiger charge is -2.26. The molecule has 0 N–H and O–H groups in total. The predicted octanol–water partition coefficient (Wildman–Crippen LogP) is 3.62. The lowest BCUT2D eigenvalue weighted by Crippen LogP contribution is -2.43. The number of morpholine rings is 1. The molecule has 178 valence electrons. The van der Waals surface area contributed by atoms with Crippen LogP contribution in [0.25, 0.3) is 10.9 Å². The van der Waals surface area contributed by atoms with E-state index in [9.17, 15) is 9.59 Å². The van der Waals surface area contributed by atoms with Gasteiger partial charge in [0, 0.05) is 29.5 Å². The molecule has 1 fully saturated rings. The number of ether oxygens (including phenoxy) is 2. The Balaban J connectivity index is 1.60. The van der Waals surface area contributed by atoms with Crippen molar-refractivity contribution in [1.82, 2.24) is 14.6 Å². The topological polar surface area (TPSA) is 86.0 Å². The molecule has 0 spiro atoms. The summed E-state index contributed by atoms with van der Waals surface area (Å²) in [4.78, 5) is 32.1. The van der Waals surface area contributed by atoms with Crippen molar-refractivity contribution in [2.75, 3.05) is 32.9 Å². The zero-order chi connectivity index (χ0) is 23.9. The Kier molecular flexibility index (Phi) is 8.08. The average molecular weight is 527 g/mol. The van der Waals surface area contributed by atoms with Gasteiger partial charge in [0.1, 0.15) is 11.6 Å². The predicted molar refractivity (Wildman–Crippen MR) is 135 cm³/mol. The second-order valence-corrected chi connectivity index (χ2v) is 8.89. The van der Waals surface area contributed by atoms with Crippen molar-refractivity contribution in [3.05, 3.63) is 68.7 Å². The molecule has 0 atom stereocenters. The van der Waals surface area contributed by atoms with Crippen molar-refractivity contribution in [3.63, 3.8) is 0 Å². The van der Waals surface area contributed by atoms with Crippen LogP contribution in [0.4, 0.5) is 0 Å². The van der Waals surface area contributed by atoms with Crippen LogP contribution in [0.2, 0.25) is 0 Å². The fourth-order valence-electron chi connectivity index (χ4n) is 3.69. The van der Waals surface area contributed by atoms with Crippen LogP contribution in [0, 0.1) is 0 Å². The SMILES string of the molecule is CCCCc1nc2ccc(Br)cc2c(=O)n1N=Cc1ccccc1OCC(=O)N1CCOCC1. The number of rotatable bonds is 8. The summed E-state index contributed by atoms with van der Waals surface area (Å²) in [7, 11) is 0. The molecular weight excluding hydrogens is 500 g/mol. The van der Waals surface area contributed by atoms with E-state index in [4.69, 9.17) is 14.5 Å². The van der Waals surface area contributed by atoms with Crippen LogP contribution in [0.3, 0.4) is 0 Å². The van der Waals surface area contributed by atoms with Gasteiger partial charge in [0.25, 0.3) is 11.5 Å². The highest BCUT2D eigenvalue weighted by molar-refractivity contribution is 9.10. The molecule has 0 saturated carbocycles. The number of para-hydroxylation sites is 1. The average Bonchev–Trinajstić information content (AvgIpc) is 2.87. The number of carbonyl (C=O) groups excluding carboxylic acids is 1. The van der Waals surface area contributed by atoms with E-state index in [1.165, 1.54) is 4.68 Å². The minimum Gasteiger partial charge on any atom is -0.483 e. The van der Waals surface area contributed by atoms with Crippen molar-refractivity contribution in [3.8, 4) is 5.75 Å². The fourth-order valence-corrected chi connectivity index (χ4v) is 4.05. The maximum Gasteiger partial charge on any atom is 0.282 e. The lowest BCUT2D eigenvalue weighted by atomic mass is 10.2. The van der Waals surface area contributed by atoms with Crippen LogP contribution in [-0.2, 0) is 16.0 Å². The number of fused-ring (bicyclic) bond motifs is 1. The highest BCUT2D eigenvalue weighted by Crippen LogP contribution is 2.18. The molecule has 1 amide bonds. The number of benzene rings is 2. The molecule has 1 aliphatic heterocycles. The van der Waals surface area contributed by atoms with Crippen LogP contribution in [0.1, 0.15) is 31.2 Å². The van der Waals surface area contributed by atoms with E-state index >= 15 is 0 Å². The van der Waals surface area contributed by atoms with E-state index in [1.54, 1.807) is 23.2 Å². The standard InChI is InChI=1S/C25H27BrN4O4/c1-2-3-8-23-28-21-10-9-19(26)15-20(21)25(32)30(23)27-16-18-6-4-5-7-22(18)34-17-24(31)29-11-13-33-14-12-29/h4-7,9-10,15-16H,2-3,8,11-14,17H2,1H3. The normalized spacial score (nSPS) is 14.1. The fraction of sp³-hybridized carbons (Fsp3) is 0.360.